The predicted molar refractivity (Wildman–Crippen MR) is 70.4 cm³/mol. The van der Waals surface area contributed by atoms with Crippen LogP contribution >= 0.6 is 0 Å². The Kier molecular flexibility index (Phi) is 4.72. The van der Waals surface area contributed by atoms with Crippen LogP contribution in [0.4, 0.5) is 0 Å². The molecule has 1 aromatic heterocycles. The van der Waals surface area contributed by atoms with Gasteiger partial charge in [-0.2, -0.15) is 0 Å². The van der Waals surface area contributed by atoms with Crippen molar-refractivity contribution in [2.24, 2.45) is 5.92 Å². The van der Waals surface area contributed by atoms with Crippen LogP contribution < -0.4 is 5.32 Å². The van der Waals surface area contributed by atoms with Gasteiger partial charge in [-0.05, 0) is 25.8 Å². The number of aromatic nitrogens is 3. The highest BCUT2D eigenvalue weighted by atomic mass is 16.5. The van der Waals surface area contributed by atoms with Gasteiger partial charge in [-0.3, -0.25) is 0 Å². The molecule has 0 radical (unpaired) electrons. The van der Waals surface area contributed by atoms with Crippen molar-refractivity contribution in [3.8, 4) is 0 Å². The topological polar surface area (TPSA) is 52.0 Å². The molecule has 0 aromatic carbocycles. The molecule has 2 rings (SSSR count). The second-order valence-electron chi connectivity index (χ2n) is 5.32. The second kappa shape index (κ2) is 6.29. The minimum atomic E-state index is 0.470. The Labute approximate surface area is 109 Å². The van der Waals surface area contributed by atoms with Crippen LogP contribution in [0.5, 0.6) is 0 Å². The fraction of sp³-hybridized carbons (Fsp3) is 0.846. The van der Waals surface area contributed by atoms with E-state index >= 15 is 0 Å². The van der Waals surface area contributed by atoms with Crippen molar-refractivity contribution in [2.75, 3.05) is 20.8 Å². The van der Waals surface area contributed by atoms with Crippen LogP contribution in [-0.4, -0.2) is 35.8 Å². The zero-order valence-electron chi connectivity index (χ0n) is 11.6. The molecule has 1 atom stereocenters. The predicted octanol–water partition coefficient (Wildman–Crippen LogP) is 1.55. The lowest BCUT2D eigenvalue weighted by atomic mass is 9.82. The van der Waals surface area contributed by atoms with Crippen LogP contribution in [0.1, 0.15) is 43.5 Å². The standard InChI is InChI=1S/C13H24N4O/c1-10(9-18-3)8-17-13(11-5-4-6-11)12(7-14-2)15-16-17/h10-11,14H,4-9H2,1-3H3. The summed E-state index contributed by atoms with van der Waals surface area (Å²) in [6.45, 7) is 4.67. The lowest BCUT2D eigenvalue weighted by molar-refractivity contribution is 0.147. The number of hydrogen-bond acceptors (Lipinski definition) is 4. The SMILES string of the molecule is CNCc1nnn(CC(C)COC)c1C1CCC1. The molecular formula is C13H24N4O. The van der Waals surface area contributed by atoms with Gasteiger partial charge < -0.3 is 10.1 Å². The Balaban J connectivity index is 2.12. The van der Waals surface area contributed by atoms with E-state index in [1.54, 1.807) is 7.11 Å². The van der Waals surface area contributed by atoms with Crippen LogP contribution in [-0.2, 0) is 17.8 Å². The van der Waals surface area contributed by atoms with Gasteiger partial charge in [0.2, 0.25) is 0 Å². The summed E-state index contributed by atoms with van der Waals surface area (Å²) < 4.78 is 7.29. The van der Waals surface area contributed by atoms with E-state index in [4.69, 9.17) is 4.74 Å². The summed E-state index contributed by atoms with van der Waals surface area (Å²) in [6, 6.07) is 0. The Bertz CT molecular complexity index is 373. The smallest absolute Gasteiger partial charge is 0.0999 e. The quantitative estimate of drug-likeness (QED) is 0.800. The van der Waals surface area contributed by atoms with Gasteiger partial charge in [0.15, 0.2) is 0 Å². The van der Waals surface area contributed by atoms with Crippen LogP contribution in [0, 0.1) is 5.92 Å². The average Bonchev–Trinajstić information content (AvgIpc) is 2.61. The Morgan fingerprint density at radius 3 is 2.83 bits per heavy atom. The molecular weight excluding hydrogens is 228 g/mol. The highest BCUT2D eigenvalue weighted by Crippen LogP contribution is 2.37. The van der Waals surface area contributed by atoms with E-state index in [9.17, 15) is 0 Å². The Morgan fingerprint density at radius 1 is 1.50 bits per heavy atom. The molecule has 1 aromatic rings. The summed E-state index contributed by atoms with van der Waals surface area (Å²) in [5.41, 5.74) is 2.46. The molecule has 102 valence electrons. The molecule has 1 aliphatic rings. The molecule has 0 aliphatic heterocycles. The Hall–Kier alpha value is -0.940. The van der Waals surface area contributed by atoms with E-state index in [1.165, 1.54) is 25.0 Å². The first-order valence-electron chi connectivity index (χ1n) is 6.82. The fourth-order valence-electron chi connectivity index (χ4n) is 2.55. The van der Waals surface area contributed by atoms with Gasteiger partial charge >= 0.3 is 0 Å². The minimum absolute atomic E-state index is 0.470. The van der Waals surface area contributed by atoms with Crippen molar-refractivity contribution in [3.63, 3.8) is 0 Å². The van der Waals surface area contributed by atoms with Crippen LogP contribution in [0.25, 0.3) is 0 Å². The fourth-order valence-corrected chi connectivity index (χ4v) is 2.55. The minimum Gasteiger partial charge on any atom is -0.384 e. The molecule has 0 bridgehead atoms. The zero-order valence-corrected chi connectivity index (χ0v) is 11.6. The molecule has 1 fully saturated rings. The third-order valence-electron chi connectivity index (χ3n) is 3.62. The van der Waals surface area contributed by atoms with E-state index in [-0.39, 0.29) is 0 Å². The molecule has 1 N–H and O–H groups in total. The lowest BCUT2D eigenvalue weighted by Gasteiger charge is -2.27. The van der Waals surface area contributed by atoms with Crippen molar-refractivity contribution in [2.45, 2.75) is 45.2 Å². The molecule has 1 heterocycles. The van der Waals surface area contributed by atoms with Crippen LogP contribution in [0.3, 0.4) is 0 Å². The molecule has 18 heavy (non-hydrogen) atoms. The Morgan fingerprint density at radius 2 is 2.28 bits per heavy atom. The van der Waals surface area contributed by atoms with Crippen LogP contribution in [0.15, 0.2) is 0 Å². The van der Waals surface area contributed by atoms with Gasteiger partial charge in [0.25, 0.3) is 0 Å². The van der Waals surface area contributed by atoms with Gasteiger partial charge in [-0.25, -0.2) is 4.68 Å². The van der Waals surface area contributed by atoms with E-state index in [2.05, 4.69) is 27.2 Å². The van der Waals surface area contributed by atoms with E-state index in [0.717, 1.165) is 25.4 Å². The number of ether oxygens (including phenoxy) is 1. The van der Waals surface area contributed by atoms with E-state index in [0.29, 0.717) is 11.8 Å². The van der Waals surface area contributed by atoms with Crippen molar-refractivity contribution >= 4 is 0 Å². The molecule has 5 nitrogen and oxygen atoms in total. The van der Waals surface area contributed by atoms with Gasteiger partial charge in [0.1, 0.15) is 0 Å². The first-order chi connectivity index (χ1) is 8.76. The highest BCUT2D eigenvalue weighted by molar-refractivity contribution is 5.18. The molecule has 0 saturated heterocycles. The average molecular weight is 252 g/mol. The molecule has 0 spiro atoms. The highest BCUT2D eigenvalue weighted by Gasteiger charge is 2.27. The number of nitrogens with zero attached hydrogens (tertiary/aromatic N) is 3. The molecule has 1 unspecified atom stereocenters. The zero-order chi connectivity index (χ0) is 13.0. The third kappa shape index (κ3) is 2.90. The van der Waals surface area contributed by atoms with Gasteiger partial charge in [0, 0.05) is 26.1 Å². The number of nitrogens with one attached hydrogen (secondary N) is 1. The summed E-state index contributed by atoms with van der Waals surface area (Å²) in [5.74, 6) is 1.14. The van der Waals surface area contributed by atoms with E-state index in [1.807, 2.05) is 7.05 Å². The first kappa shape index (κ1) is 13.5. The summed E-state index contributed by atoms with van der Waals surface area (Å²) in [7, 11) is 3.70. The van der Waals surface area contributed by atoms with Gasteiger partial charge in [-0.15, -0.1) is 5.10 Å². The van der Waals surface area contributed by atoms with Crippen molar-refractivity contribution in [1.29, 1.82) is 0 Å². The maximum Gasteiger partial charge on any atom is 0.0999 e. The van der Waals surface area contributed by atoms with Crippen molar-refractivity contribution in [3.05, 3.63) is 11.4 Å². The molecule has 0 amide bonds. The van der Waals surface area contributed by atoms with Gasteiger partial charge in [0.05, 0.1) is 18.0 Å². The second-order valence-corrected chi connectivity index (χ2v) is 5.32. The summed E-state index contributed by atoms with van der Waals surface area (Å²) in [4.78, 5) is 0. The van der Waals surface area contributed by atoms with Gasteiger partial charge in [-0.1, -0.05) is 18.6 Å². The third-order valence-corrected chi connectivity index (χ3v) is 3.62. The first-order valence-corrected chi connectivity index (χ1v) is 6.82. The number of methoxy groups -OCH3 is 1. The largest absolute Gasteiger partial charge is 0.384 e. The molecule has 1 saturated carbocycles. The maximum atomic E-state index is 5.20. The van der Waals surface area contributed by atoms with E-state index < -0.39 is 0 Å². The normalized spacial score (nSPS) is 17.7. The number of hydrogen-bond donors (Lipinski definition) is 1. The number of rotatable bonds is 7. The lowest BCUT2D eigenvalue weighted by Crippen LogP contribution is -2.21. The molecule has 1 aliphatic carbocycles. The summed E-state index contributed by atoms with van der Waals surface area (Å²) >= 11 is 0. The monoisotopic (exact) mass is 252 g/mol. The van der Waals surface area contributed by atoms with Crippen molar-refractivity contribution < 1.29 is 4.74 Å². The van der Waals surface area contributed by atoms with Crippen molar-refractivity contribution in [1.82, 2.24) is 20.3 Å². The summed E-state index contributed by atoms with van der Waals surface area (Å²) in [6.07, 6.45) is 3.90. The maximum absolute atomic E-state index is 5.20. The van der Waals surface area contributed by atoms with Crippen LogP contribution in [0.2, 0.25) is 0 Å². The summed E-state index contributed by atoms with van der Waals surface area (Å²) in [5, 5.41) is 11.8. The molecule has 5 heteroatoms.